The zero-order valence-electron chi connectivity index (χ0n) is 10.4. The van der Waals surface area contributed by atoms with Crippen LogP contribution in [-0.2, 0) is 16.6 Å². The van der Waals surface area contributed by atoms with Crippen LogP contribution < -0.4 is 10.5 Å². The van der Waals surface area contributed by atoms with E-state index in [1.807, 2.05) is 12.1 Å². The quantitative estimate of drug-likeness (QED) is 0.868. The summed E-state index contributed by atoms with van der Waals surface area (Å²) in [6.45, 7) is 0.352. The lowest BCUT2D eigenvalue weighted by atomic mass is 10.1. The maximum Gasteiger partial charge on any atom is 0.229 e. The second kappa shape index (κ2) is 5.33. The van der Waals surface area contributed by atoms with E-state index in [1.165, 1.54) is 0 Å². The molecule has 0 bridgehead atoms. The Morgan fingerprint density at radius 1 is 1.11 bits per heavy atom. The lowest BCUT2D eigenvalue weighted by Gasteiger charge is -2.05. The highest BCUT2D eigenvalue weighted by Gasteiger charge is 2.04. The normalized spacial score (nSPS) is 11.3. The maximum atomic E-state index is 11.1. The average molecular weight is 278 g/mol. The summed E-state index contributed by atoms with van der Waals surface area (Å²) in [5, 5.41) is 8.02. The van der Waals surface area contributed by atoms with Crippen molar-refractivity contribution in [2.24, 2.45) is 5.73 Å². The summed E-state index contributed by atoms with van der Waals surface area (Å²) in [7, 11) is -3.26. The first kappa shape index (κ1) is 13.4. The summed E-state index contributed by atoms with van der Waals surface area (Å²) in [4.78, 5) is 0. The first-order valence-corrected chi connectivity index (χ1v) is 7.48. The van der Waals surface area contributed by atoms with Crippen molar-refractivity contribution in [3.63, 3.8) is 0 Å². The van der Waals surface area contributed by atoms with Gasteiger partial charge in [0, 0.05) is 17.8 Å². The van der Waals surface area contributed by atoms with Crippen molar-refractivity contribution in [3.05, 3.63) is 42.1 Å². The van der Waals surface area contributed by atoms with Crippen molar-refractivity contribution in [1.29, 1.82) is 0 Å². The van der Waals surface area contributed by atoms with Crippen LogP contribution in [0.2, 0.25) is 0 Å². The standard InChI is InChI=1S/C12H14N4O2S/c1-19(17,18)16-10-4-2-9(3-5-10)12-7-6-11(8-13)14-15-12/h2-7,16H,8,13H2,1H3. The monoisotopic (exact) mass is 278 g/mol. The smallest absolute Gasteiger partial charge is 0.229 e. The van der Waals surface area contributed by atoms with Crippen molar-refractivity contribution in [2.75, 3.05) is 11.0 Å². The second-order valence-corrected chi connectivity index (χ2v) is 5.81. The Hall–Kier alpha value is -1.99. The molecule has 0 unspecified atom stereocenters. The van der Waals surface area contributed by atoms with E-state index >= 15 is 0 Å². The SMILES string of the molecule is CS(=O)(=O)Nc1ccc(-c2ccc(CN)nn2)cc1. The third-order valence-electron chi connectivity index (χ3n) is 2.41. The van der Waals surface area contributed by atoms with Gasteiger partial charge in [-0.1, -0.05) is 12.1 Å². The highest BCUT2D eigenvalue weighted by atomic mass is 32.2. The topological polar surface area (TPSA) is 98.0 Å². The van der Waals surface area contributed by atoms with Crippen LogP contribution in [0.1, 0.15) is 5.69 Å². The Morgan fingerprint density at radius 3 is 2.26 bits per heavy atom. The molecule has 3 N–H and O–H groups in total. The Morgan fingerprint density at radius 2 is 1.79 bits per heavy atom. The molecule has 7 heteroatoms. The van der Waals surface area contributed by atoms with Crippen LogP contribution in [0.15, 0.2) is 36.4 Å². The summed E-state index contributed by atoms with van der Waals surface area (Å²) >= 11 is 0. The molecule has 0 fully saturated rings. The molecule has 0 atom stereocenters. The van der Waals surface area contributed by atoms with Gasteiger partial charge in [-0.25, -0.2) is 8.42 Å². The molecule has 0 aliphatic rings. The molecule has 0 amide bonds. The molecule has 19 heavy (non-hydrogen) atoms. The molecule has 0 spiro atoms. The molecule has 0 radical (unpaired) electrons. The Bertz CT molecular complexity index is 651. The Balaban J connectivity index is 2.22. The van der Waals surface area contributed by atoms with E-state index in [1.54, 1.807) is 24.3 Å². The third-order valence-corrected chi connectivity index (χ3v) is 3.02. The molecule has 100 valence electrons. The molecule has 1 aromatic carbocycles. The molecule has 1 aromatic heterocycles. The molecular formula is C12H14N4O2S. The molecule has 0 saturated carbocycles. The summed E-state index contributed by atoms with van der Waals surface area (Å²) in [6, 6.07) is 10.5. The largest absolute Gasteiger partial charge is 0.325 e. The lowest BCUT2D eigenvalue weighted by molar-refractivity contribution is 0.607. The molecule has 2 aromatic rings. The minimum atomic E-state index is -3.26. The zero-order valence-corrected chi connectivity index (χ0v) is 11.2. The summed E-state index contributed by atoms with van der Waals surface area (Å²) in [5.74, 6) is 0. The molecule has 2 rings (SSSR count). The van der Waals surface area contributed by atoms with Crippen LogP contribution in [-0.4, -0.2) is 24.9 Å². The van der Waals surface area contributed by atoms with E-state index in [-0.39, 0.29) is 0 Å². The van der Waals surface area contributed by atoms with Gasteiger partial charge >= 0.3 is 0 Å². The summed E-state index contributed by atoms with van der Waals surface area (Å²) in [5.41, 5.74) is 8.25. The van der Waals surface area contributed by atoms with Crippen LogP contribution in [0.25, 0.3) is 11.3 Å². The molecule has 1 heterocycles. The van der Waals surface area contributed by atoms with Gasteiger partial charge in [0.1, 0.15) is 0 Å². The lowest BCUT2D eigenvalue weighted by Crippen LogP contribution is -2.09. The first-order valence-electron chi connectivity index (χ1n) is 5.59. The van der Waals surface area contributed by atoms with E-state index in [2.05, 4.69) is 14.9 Å². The first-order chi connectivity index (χ1) is 8.98. The number of sulfonamides is 1. The van der Waals surface area contributed by atoms with Gasteiger partial charge in [-0.05, 0) is 24.3 Å². The highest BCUT2D eigenvalue weighted by Crippen LogP contribution is 2.19. The summed E-state index contributed by atoms with van der Waals surface area (Å²) < 4.78 is 24.6. The third kappa shape index (κ3) is 3.73. The van der Waals surface area contributed by atoms with Gasteiger partial charge in [-0.3, -0.25) is 4.72 Å². The highest BCUT2D eigenvalue weighted by molar-refractivity contribution is 7.92. The van der Waals surface area contributed by atoms with Crippen LogP contribution in [0, 0.1) is 0 Å². The van der Waals surface area contributed by atoms with Gasteiger partial charge < -0.3 is 5.73 Å². The van der Waals surface area contributed by atoms with Gasteiger partial charge in [-0.2, -0.15) is 10.2 Å². The van der Waals surface area contributed by atoms with Gasteiger partial charge in [0.2, 0.25) is 10.0 Å². The number of nitrogens with zero attached hydrogens (tertiary/aromatic N) is 2. The predicted octanol–water partition coefficient (Wildman–Crippen LogP) is 0.974. The van der Waals surface area contributed by atoms with Gasteiger partial charge in [0.05, 0.1) is 17.6 Å². The van der Waals surface area contributed by atoms with E-state index < -0.39 is 10.0 Å². The predicted molar refractivity (Wildman–Crippen MR) is 73.8 cm³/mol. The number of nitrogens with two attached hydrogens (primary N) is 1. The Kier molecular flexibility index (Phi) is 3.77. The van der Waals surface area contributed by atoms with E-state index in [9.17, 15) is 8.42 Å². The van der Waals surface area contributed by atoms with E-state index in [0.717, 1.165) is 17.5 Å². The van der Waals surface area contributed by atoms with Crippen LogP contribution in [0.5, 0.6) is 0 Å². The zero-order chi connectivity index (χ0) is 13.9. The number of hydrogen-bond acceptors (Lipinski definition) is 5. The second-order valence-electron chi connectivity index (χ2n) is 4.07. The molecule has 0 saturated heterocycles. The van der Waals surface area contributed by atoms with Crippen molar-refractivity contribution in [1.82, 2.24) is 10.2 Å². The number of nitrogens with one attached hydrogen (secondary N) is 1. The Labute approximate surface area is 111 Å². The van der Waals surface area contributed by atoms with Gasteiger partial charge in [0.25, 0.3) is 0 Å². The molecule has 0 aliphatic heterocycles. The van der Waals surface area contributed by atoms with Crippen molar-refractivity contribution in [2.45, 2.75) is 6.54 Å². The maximum absolute atomic E-state index is 11.1. The fourth-order valence-electron chi connectivity index (χ4n) is 1.55. The van der Waals surface area contributed by atoms with E-state index in [0.29, 0.717) is 17.9 Å². The van der Waals surface area contributed by atoms with Crippen LogP contribution in [0.3, 0.4) is 0 Å². The number of hydrogen-bond donors (Lipinski definition) is 2. The summed E-state index contributed by atoms with van der Waals surface area (Å²) in [6.07, 6.45) is 1.11. The van der Waals surface area contributed by atoms with Crippen LogP contribution >= 0.6 is 0 Å². The fourth-order valence-corrected chi connectivity index (χ4v) is 2.11. The van der Waals surface area contributed by atoms with Gasteiger partial charge in [-0.15, -0.1) is 0 Å². The minimum Gasteiger partial charge on any atom is -0.325 e. The van der Waals surface area contributed by atoms with Crippen molar-refractivity contribution < 1.29 is 8.42 Å². The van der Waals surface area contributed by atoms with Crippen molar-refractivity contribution in [3.8, 4) is 11.3 Å². The van der Waals surface area contributed by atoms with Crippen molar-refractivity contribution >= 4 is 15.7 Å². The minimum absolute atomic E-state index is 0.352. The van der Waals surface area contributed by atoms with Crippen LogP contribution in [0.4, 0.5) is 5.69 Å². The average Bonchev–Trinajstić information content (AvgIpc) is 2.38. The molecule has 6 nitrogen and oxygen atoms in total. The number of rotatable bonds is 4. The number of anilines is 1. The van der Waals surface area contributed by atoms with E-state index in [4.69, 9.17) is 5.73 Å². The number of aromatic nitrogens is 2. The molecule has 0 aliphatic carbocycles. The van der Waals surface area contributed by atoms with Gasteiger partial charge in [0.15, 0.2) is 0 Å². The fraction of sp³-hybridized carbons (Fsp3) is 0.167. The number of benzene rings is 1. The molecular weight excluding hydrogens is 264 g/mol.